The van der Waals surface area contributed by atoms with Gasteiger partial charge in [-0.1, -0.05) is 30.3 Å². The van der Waals surface area contributed by atoms with Crippen molar-refractivity contribution in [2.45, 2.75) is 20.4 Å². The molecule has 1 heterocycles. The number of nitrogens with one attached hydrogen (secondary N) is 1. The van der Waals surface area contributed by atoms with Gasteiger partial charge >= 0.3 is 0 Å². The van der Waals surface area contributed by atoms with Crippen LogP contribution in [0, 0.1) is 6.92 Å². The number of hydrogen-bond acceptors (Lipinski definition) is 4. The number of hydrogen-bond donors (Lipinski definition) is 1. The SMILES string of the molecule is CCOc1ccc2ccccc2c1C(=O)NCCn1cnc(C)cc1=O. The maximum Gasteiger partial charge on any atom is 0.255 e. The summed E-state index contributed by atoms with van der Waals surface area (Å²) in [5.41, 5.74) is 1.05. The van der Waals surface area contributed by atoms with Crippen LogP contribution in [0.4, 0.5) is 0 Å². The van der Waals surface area contributed by atoms with E-state index in [0.717, 1.165) is 10.8 Å². The maximum absolute atomic E-state index is 12.8. The van der Waals surface area contributed by atoms with E-state index < -0.39 is 0 Å². The van der Waals surface area contributed by atoms with E-state index in [4.69, 9.17) is 4.74 Å². The Bertz CT molecular complexity index is 995. The van der Waals surface area contributed by atoms with Crippen molar-refractivity contribution in [1.29, 1.82) is 0 Å². The first-order valence-corrected chi connectivity index (χ1v) is 8.56. The Balaban J connectivity index is 1.80. The van der Waals surface area contributed by atoms with Gasteiger partial charge in [0.15, 0.2) is 0 Å². The van der Waals surface area contributed by atoms with Crippen molar-refractivity contribution >= 4 is 16.7 Å². The fraction of sp³-hybridized carbons (Fsp3) is 0.250. The van der Waals surface area contributed by atoms with Gasteiger partial charge in [-0.3, -0.25) is 14.2 Å². The van der Waals surface area contributed by atoms with Crippen LogP contribution in [0.3, 0.4) is 0 Å². The molecule has 134 valence electrons. The molecule has 1 aromatic heterocycles. The van der Waals surface area contributed by atoms with Crippen molar-refractivity contribution in [1.82, 2.24) is 14.9 Å². The first-order chi connectivity index (χ1) is 12.6. The summed E-state index contributed by atoms with van der Waals surface area (Å²) in [5, 5.41) is 4.68. The molecule has 0 spiro atoms. The number of aromatic nitrogens is 2. The molecule has 1 amide bonds. The Labute approximate surface area is 151 Å². The second kappa shape index (κ2) is 7.82. The number of carbonyl (C=O) groups is 1. The minimum Gasteiger partial charge on any atom is -0.493 e. The predicted octanol–water partition coefficient (Wildman–Crippen LogP) is 2.53. The fourth-order valence-electron chi connectivity index (χ4n) is 2.82. The summed E-state index contributed by atoms with van der Waals surface area (Å²) in [6, 6.07) is 12.9. The summed E-state index contributed by atoms with van der Waals surface area (Å²) < 4.78 is 7.11. The molecule has 3 aromatic rings. The lowest BCUT2D eigenvalue weighted by atomic mass is 10.0. The standard InChI is InChI=1S/C20H21N3O3/c1-3-26-17-9-8-15-6-4-5-7-16(15)19(17)20(25)21-10-11-23-13-22-14(2)12-18(23)24/h4-9,12-13H,3,10-11H2,1-2H3,(H,21,25). The highest BCUT2D eigenvalue weighted by atomic mass is 16.5. The largest absolute Gasteiger partial charge is 0.493 e. The molecular weight excluding hydrogens is 330 g/mol. The lowest BCUT2D eigenvalue weighted by Crippen LogP contribution is -2.31. The summed E-state index contributed by atoms with van der Waals surface area (Å²) in [6.07, 6.45) is 1.49. The normalized spacial score (nSPS) is 10.7. The third-order valence-corrected chi connectivity index (χ3v) is 4.07. The molecule has 0 aliphatic heterocycles. The van der Waals surface area contributed by atoms with Crippen LogP contribution in [0.25, 0.3) is 10.8 Å². The molecule has 6 nitrogen and oxygen atoms in total. The van der Waals surface area contributed by atoms with Gasteiger partial charge in [-0.2, -0.15) is 0 Å². The number of nitrogens with zero attached hydrogens (tertiary/aromatic N) is 2. The van der Waals surface area contributed by atoms with Gasteiger partial charge in [-0.05, 0) is 30.7 Å². The van der Waals surface area contributed by atoms with Crippen molar-refractivity contribution < 1.29 is 9.53 Å². The molecule has 0 radical (unpaired) electrons. The van der Waals surface area contributed by atoms with E-state index in [0.29, 0.717) is 36.7 Å². The zero-order chi connectivity index (χ0) is 18.5. The lowest BCUT2D eigenvalue weighted by molar-refractivity contribution is 0.0950. The van der Waals surface area contributed by atoms with Gasteiger partial charge in [0.1, 0.15) is 5.75 Å². The maximum atomic E-state index is 12.8. The van der Waals surface area contributed by atoms with Crippen LogP contribution in [0.2, 0.25) is 0 Å². The molecule has 0 bridgehead atoms. The molecule has 6 heteroatoms. The number of benzene rings is 2. The summed E-state index contributed by atoms with van der Waals surface area (Å²) >= 11 is 0. The van der Waals surface area contributed by atoms with Gasteiger partial charge < -0.3 is 10.1 Å². The zero-order valence-electron chi connectivity index (χ0n) is 14.9. The zero-order valence-corrected chi connectivity index (χ0v) is 14.9. The average molecular weight is 351 g/mol. The summed E-state index contributed by atoms with van der Waals surface area (Å²) in [4.78, 5) is 28.8. The van der Waals surface area contributed by atoms with Crippen LogP contribution in [-0.4, -0.2) is 28.6 Å². The van der Waals surface area contributed by atoms with Gasteiger partial charge in [0.05, 0.1) is 18.5 Å². The average Bonchev–Trinajstić information content (AvgIpc) is 2.63. The molecule has 0 fully saturated rings. The Morgan fingerprint density at radius 3 is 2.81 bits per heavy atom. The number of carbonyl (C=O) groups excluding carboxylic acids is 1. The van der Waals surface area contributed by atoms with Crippen LogP contribution >= 0.6 is 0 Å². The molecule has 0 saturated carbocycles. The van der Waals surface area contributed by atoms with Crippen LogP contribution in [0.15, 0.2) is 53.6 Å². The van der Waals surface area contributed by atoms with Gasteiger partial charge in [0.2, 0.25) is 0 Å². The monoisotopic (exact) mass is 351 g/mol. The number of fused-ring (bicyclic) bond motifs is 1. The van der Waals surface area contributed by atoms with Crippen molar-refractivity contribution in [3.05, 3.63) is 70.4 Å². The highest BCUT2D eigenvalue weighted by Crippen LogP contribution is 2.28. The molecule has 0 unspecified atom stereocenters. The van der Waals surface area contributed by atoms with Crippen LogP contribution in [-0.2, 0) is 6.54 Å². The van der Waals surface area contributed by atoms with Gasteiger partial charge in [-0.15, -0.1) is 0 Å². The molecule has 0 atom stereocenters. The molecule has 0 aliphatic carbocycles. The number of amides is 1. The Morgan fingerprint density at radius 1 is 1.23 bits per heavy atom. The highest BCUT2D eigenvalue weighted by molar-refractivity contribution is 6.09. The van der Waals surface area contributed by atoms with E-state index in [1.54, 1.807) is 6.92 Å². The van der Waals surface area contributed by atoms with E-state index in [1.807, 2.05) is 43.3 Å². The summed E-state index contributed by atoms with van der Waals surface area (Å²) in [7, 11) is 0. The molecule has 1 N–H and O–H groups in total. The van der Waals surface area contributed by atoms with Crippen LogP contribution in [0.1, 0.15) is 23.0 Å². The Hall–Kier alpha value is -3.15. The summed E-state index contributed by atoms with van der Waals surface area (Å²) in [6.45, 7) is 4.80. The van der Waals surface area contributed by atoms with E-state index in [1.165, 1.54) is 17.0 Å². The van der Waals surface area contributed by atoms with Gasteiger partial charge in [0, 0.05) is 24.8 Å². The number of ether oxygens (including phenoxy) is 1. The van der Waals surface area contributed by atoms with Crippen molar-refractivity contribution in [3.8, 4) is 5.75 Å². The topological polar surface area (TPSA) is 73.2 Å². The van der Waals surface area contributed by atoms with Gasteiger partial charge in [0.25, 0.3) is 11.5 Å². The fourth-order valence-corrected chi connectivity index (χ4v) is 2.82. The number of aryl methyl sites for hydroxylation is 1. The molecule has 26 heavy (non-hydrogen) atoms. The van der Waals surface area contributed by atoms with E-state index >= 15 is 0 Å². The summed E-state index contributed by atoms with van der Waals surface area (Å²) in [5.74, 6) is 0.330. The van der Waals surface area contributed by atoms with Crippen LogP contribution < -0.4 is 15.6 Å². The Kier molecular flexibility index (Phi) is 5.31. The first kappa shape index (κ1) is 17.7. The van der Waals surface area contributed by atoms with Crippen molar-refractivity contribution in [3.63, 3.8) is 0 Å². The third kappa shape index (κ3) is 3.74. The van der Waals surface area contributed by atoms with E-state index in [9.17, 15) is 9.59 Å². The third-order valence-electron chi connectivity index (χ3n) is 4.07. The van der Waals surface area contributed by atoms with E-state index in [-0.39, 0.29) is 11.5 Å². The van der Waals surface area contributed by atoms with Crippen molar-refractivity contribution in [2.24, 2.45) is 0 Å². The minimum absolute atomic E-state index is 0.132. The molecule has 0 aliphatic rings. The van der Waals surface area contributed by atoms with Crippen molar-refractivity contribution in [2.75, 3.05) is 13.2 Å². The highest BCUT2D eigenvalue weighted by Gasteiger charge is 2.16. The molecular formula is C20H21N3O3. The molecule has 2 aromatic carbocycles. The minimum atomic E-state index is -0.224. The molecule has 3 rings (SSSR count). The first-order valence-electron chi connectivity index (χ1n) is 8.56. The van der Waals surface area contributed by atoms with E-state index in [2.05, 4.69) is 10.3 Å². The Morgan fingerprint density at radius 2 is 2.04 bits per heavy atom. The second-order valence-electron chi connectivity index (χ2n) is 5.91. The second-order valence-corrected chi connectivity index (χ2v) is 5.91. The van der Waals surface area contributed by atoms with Crippen LogP contribution in [0.5, 0.6) is 5.75 Å². The predicted molar refractivity (Wildman–Crippen MR) is 101 cm³/mol. The quantitative estimate of drug-likeness (QED) is 0.741. The number of rotatable bonds is 6. The smallest absolute Gasteiger partial charge is 0.255 e. The lowest BCUT2D eigenvalue weighted by Gasteiger charge is -2.14. The van der Waals surface area contributed by atoms with Gasteiger partial charge in [-0.25, -0.2) is 4.98 Å². The molecule has 0 saturated heterocycles.